The summed E-state index contributed by atoms with van der Waals surface area (Å²) >= 11 is 0. The van der Waals surface area contributed by atoms with Gasteiger partial charge in [0.15, 0.2) is 0 Å². The predicted molar refractivity (Wildman–Crippen MR) is 203 cm³/mol. The van der Waals surface area contributed by atoms with Crippen LogP contribution in [-0.2, 0) is 25.7 Å². The van der Waals surface area contributed by atoms with Gasteiger partial charge in [-0.15, -0.1) is 0 Å². The monoisotopic (exact) mass is 682 g/mol. The minimum atomic E-state index is -0.504. The molecule has 0 saturated carbocycles. The number of ether oxygens (including phenoxy) is 2. The molecule has 0 saturated heterocycles. The molecule has 1 aliphatic carbocycles. The second-order valence-corrected chi connectivity index (χ2v) is 12.8. The second-order valence-electron chi connectivity index (χ2n) is 12.8. The van der Waals surface area contributed by atoms with E-state index in [9.17, 15) is 19.5 Å². The Bertz CT molecular complexity index is 2680. The van der Waals surface area contributed by atoms with Crippen molar-refractivity contribution in [2.24, 2.45) is 4.90 Å². The van der Waals surface area contributed by atoms with Gasteiger partial charge in [0.25, 0.3) is 6.47 Å². The van der Waals surface area contributed by atoms with Crippen molar-refractivity contribution in [3.05, 3.63) is 142 Å². The van der Waals surface area contributed by atoms with E-state index in [-0.39, 0.29) is 36.3 Å². The number of rotatable bonds is 7. The second kappa shape index (κ2) is 12.2. The number of ketones is 1. The van der Waals surface area contributed by atoms with Gasteiger partial charge in [-0.2, -0.15) is 0 Å². The first kappa shape index (κ1) is 31.2. The van der Waals surface area contributed by atoms with Crippen LogP contribution in [-0.4, -0.2) is 44.4 Å². The molecular formula is C40H28B2N4O6. The smallest absolute Gasteiger partial charge is 0.427 e. The molecule has 6 aromatic carbocycles. The van der Waals surface area contributed by atoms with Crippen molar-refractivity contribution in [3.63, 3.8) is 0 Å². The van der Waals surface area contributed by atoms with Crippen molar-refractivity contribution >= 4 is 92.9 Å². The third-order valence-electron chi connectivity index (χ3n) is 9.95. The Morgan fingerprint density at radius 3 is 2.19 bits per heavy atom. The van der Waals surface area contributed by atoms with Gasteiger partial charge in [0.05, 0.1) is 29.2 Å². The van der Waals surface area contributed by atoms with Crippen LogP contribution in [0.15, 0.2) is 120 Å². The third kappa shape index (κ3) is 4.91. The SMILES string of the molecule is COC(=O)c1ccc(B2N=c3/c(=C4\C(=O)C(c5ccc6cccc7c6c5NB(c5ccc(COC=O)cc5)N7)=C4O)ccc4cccc(c34)N2)cc1. The molecule has 0 fully saturated rings. The van der Waals surface area contributed by atoms with E-state index in [2.05, 4.69) is 15.7 Å². The molecule has 9 rings (SSSR count). The Hall–Kier alpha value is -6.81. The Balaban J connectivity index is 1.16. The lowest BCUT2D eigenvalue weighted by molar-refractivity contribution is -0.129. The molecule has 52 heavy (non-hydrogen) atoms. The van der Waals surface area contributed by atoms with Gasteiger partial charge in [0.2, 0.25) is 5.78 Å². The van der Waals surface area contributed by atoms with Crippen LogP contribution in [0.3, 0.4) is 0 Å². The number of anilines is 3. The van der Waals surface area contributed by atoms with Crippen LogP contribution in [0.1, 0.15) is 21.5 Å². The van der Waals surface area contributed by atoms with Crippen LogP contribution in [0, 0.1) is 0 Å². The maximum Gasteiger partial charge on any atom is 0.427 e. The first-order valence-electron chi connectivity index (χ1n) is 16.7. The summed E-state index contributed by atoms with van der Waals surface area (Å²) in [5.74, 6) is -0.788. The number of nitrogens with one attached hydrogen (secondary N) is 3. The first-order valence-corrected chi connectivity index (χ1v) is 16.7. The summed E-state index contributed by atoms with van der Waals surface area (Å²) in [4.78, 5) is 42.1. The van der Waals surface area contributed by atoms with Gasteiger partial charge in [-0.25, -0.2) is 4.79 Å². The van der Waals surface area contributed by atoms with Gasteiger partial charge in [-0.05, 0) is 51.5 Å². The molecule has 0 bridgehead atoms. The highest BCUT2D eigenvalue weighted by Gasteiger charge is 2.39. The maximum atomic E-state index is 14.3. The number of esters is 1. The van der Waals surface area contributed by atoms with E-state index in [4.69, 9.17) is 14.4 Å². The van der Waals surface area contributed by atoms with Gasteiger partial charge in [-0.3, -0.25) is 9.59 Å². The summed E-state index contributed by atoms with van der Waals surface area (Å²) in [6, 6.07) is 34.3. The minimum Gasteiger partial charge on any atom is -0.506 e. The van der Waals surface area contributed by atoms with Crippen molar-refractivity contribution in [1.82, 2.24) is 0 Å². The van der Waals surface area contributed by atoms with Gasteiger partial charge in [0, 0.05) is 38.6 Å². The highest BCUT2D eigenvalue weighted by atomic mass is 16.5. The Labute approximate surface area is 297 Å². The minimum absolute atomic E-state index is 0.0877. The molecule has 0 aromatic heterocycles. The van der Waals surface area contributed by atoms with E-state index in [1.165, 1.54) is 7.11 Å². The summed E-state index contributed by atoms with van der Waals surface area (Å²) in [7, 11) is 1.34. The van der Waals surface area contributed by atoms with Gasteiger partial charge in [-0.1, -0.05) is 84.9 Å². The molecule has 2 heterocycles. The normalized spacial score (nSPS) is 15.3. The summed E-state index contributed by atoms with van der Waals surface area (Å²) in [6.45, 7) is -0.230. The maximum absolute atomic E-state index is 14.3. The third-order valence-corrected chi connectivity index (χ3v) is 9.95. The molecule has 2 aliphatic heterocycles. The summed E-state index contributed by atoms with van der Waals surface area (Å²) in [5.41, 5.74) is 6.58. The lowest BCUT2D eigenvalue weighted by Crippen LogP contribution is -2.48. The number of nitrogens with zero attached hydrogens (tertiary/aromatic N) is 1. The molecule has 0 unspecified atom stereocenters. The number of hydrogen-bond acceptors (Lipinski definition) is 10. The van der Waals surface area contributed by atoms with E-state index in [1.807, 2.05) is 97.1 Å². The molecule has 0 amide bonds. The molecular weight excluding hydrogens is 654 g/mol. The molecule has 0 atom stereocenters. The van der Waals surface area contributed by atoms with Crippen LogP contribution < -0.4 is 37.2 Å². The Morgan fingerprint density at radius 2 is 1.48 bits per heavy atom. The number of allylic oxidation sites excluding steroid dienone is 2. The van der Waals surface area contributed by atoms with Crippen LogP contribution in [0.4, 0.5) is 17.1 Å². The van der Waals surface area contributed by atoms with Crippen LogP contribution in [0.5, 0.6) is 0 Å². The molecule has 250 valence electrons. The average Bonchev–Trinajstić information content (AvgIpc) is 3.19. The van der Waals surface area contributed by atoms with Crippen LogP contribution >= 0.6 is 0 Å². The molecule has 10 nitrogen and oxygen atoms in total. The van der Waals surface area contributed by atoms with Crippen molar-refractivity contribution in [2.75, 3.05) is 22.8 Å². The molecule has 12 heteroatoms. The van der Waals surface area contributed by atoms with E-state index < -0.39 is 13.0 Å². The number of carbonyl (C=O) groups is 3. The fourth-order valence-electron chi connectivity index (χ4n) is 7.40. The topological polar surface area (TPSA) is 138 Å². The van der Waals surface area contributed by atoms with Crippen molar-refractivity contribution in [1.29, 1.82) is 0 Å². The Morgan fingerprint density at radius 1 is 0.788 bits per heavy atom. The van der Waals surface area contributed by atoms with E-state index in [0.717, 1.165) is 55.1 Å². The molecule has 4 N–H and O–H groups in total. The molecule has 3 aliphatic rings. The Kier molecular flexibility index (Phi) is 7.32. The molecule has 0 radical (unpaired) electrons. The summed E-state index contributed by atoms with van der Waals surface area (Å²) < 4.78 is 9.75. The lowest BCUT2D eigenvalue weighted by atomic mass is 9.65. The lowest BCUT2D eigenvalue weighted by Gasteiger charge is -2.31. The number of benzene rings is 6. The van der Waals surface area contributed by atoms with Crippen LogP contribution in [0.25, 0.3) is 32.7 Å². The number of hydrogen-bond donors (Lipinski definition) is 4. The standard InChI is InChI=1S/C40H28B2N4O6/c1-51-40(50)25-10-16-27(17-11-25)42-44-31-7-3-5-24-13-19-29(37(46-42)33(24)31)35-38(48)34(39(35)49)28-18-12-23-4-2-6-30-32(23)36(28)45-41(43-30)26-14-8-22(9-15-26)20-52-21-47/h2-19,21,43-45,48H,20H2,1H3/b35-29-. The predicted octanol–water partition coefficient (Wildman–Crippen LogP) is 3.83. The summed E-state index contributed by atoms with van der Waals surface area (Å²) in [5, 5.41) is 27.3. The van der Waals surface area contributed by atoms with Gasteiger partial charge < -0.3 is 35.2 Å². The zero-order valence-electron chi connectivity index (χ0n) is 27.8. The zero-order chi connectivity index (χ0) is 35.5. The van der Waals surface area contributed by atoms with Gasteiger partial charge in [0.1, 0.15) is 12.4 Å². The number of carbonyl (C=O) groups excluding carboxylic acids is 3. The molecule has 6 aromatic rings. The number of aliphatic hydroxyl groups is 1. The average molecular weight is 682 g/mol. The van der Waals surface area contributed by atoms with E-state index in [0.29, 0.717) is 28.2 Å². The van der Waals surface area contributed by atoms with E-state index in [1.54, 1.807) is 12.1 Å². The van der Waals surface area contributed by atoms with Crippen molar-refractivity contribution in [2.45, 2.75) is 6.61 Å². The van der Waals surface area contributed by atoms with E-state index >= 15 is 0 Å². The number of Topliss-reactive ketones (excluding diaryl/α,β-unsaturated/α-hetero) is 1. The largest absolute Gasteiger partial charge is 0.506 e. The quantitative estimate of drug-likeness (QED) is 0.113. The fraction of sp³-hybridized carbons (Fsp3) is 0.0500. The summed E-state index contributed by atoms with van der Waals surface area (Å²) in [6.07, 6.45) is 0. The first-order chi connectivity index (χ1) is 25.4. The zero-order valence-corrected chi connectivity index (χ0v) is 27.8. The number of methoxy groups -OCH3 is 1. The van der Waals surface area contributed by atoms with Crippen molar-refractivity contribution < 1.29 is 29.0 Å². The van der Waals surface area contributed by atoms with Crippen molar-refractivity contribution in [3.8, 4) is 0 Å². The highest BCUT2D eigenvalue weighted by molar-refractivity contribution is 6.80. The number of aliphatic hydroxyl groups excluding tert-OH is 1. The molecule has 0 spiro atoms. The van der Waals surface area contributed by atoms with Crippen LogP contribution in [0.2, 0.25) is 0 Å². The highest BCUT2D eigenvalue weighted by Crippen LogP contribution is 2.45. The van der Waals surface area contributed by atoms with Gasteiger partial charge >= 0.3 is 19.9 Å². The fourth-order valence-corrected chi connectivity index (χ4v) is 7.40.